The van der Waals surface area contributed by atoms with Gasteiger partial charge in [0.05, 0.1) is 0 Å². The van der Waals surface area contributed by atoms with E-state index in [-0.39, 0.29) is 19.4 Å². The molecule has 1 N–H and O–H groups in total. The highest BCUT2D eigenvalue weighted by atomic mass is 16.6. The highest BCUT2D eigenvalue weighted by Crippen LogP contribution is 2.26. The predicted molar refractivity (Wildman–Crippen MR) is 96.9 cm³/mol. The summed E-state index contributed by atoms with van der Waals surface area (Å²) < 4.78 is 11.1. The van der Waals surface area contributed by atoms with Gasteiger partial charge in [-0.25, -0.2) is 0 Å². The molecule has 0 saturated heterocycles. The van der Waals surface area contributed by atoms with Crippen molar-refractivity contribution in [1.29, 1.82) is 0 Å². The third-order valence-corrected chi connectivity index (χ3v) is 3.97. The van der Waals surface area contributed by atoms with Gasteiger partial charge in [-0.3, -0.25) is 0 Å². The van der Waals surface area contributed by atoms with Crippen molar-refractivity contribution in [3.05, 3.63) is 90.0 Å². The molecule has 0 radical (unpaired) electrons. The minimum absolute atomic E-state index is 0.177. The monoisotopic (exact) mass is 318 g/mol. The summed E-state index contributed by atoms with van der Waals surface area (Å²) in [6.45, 7) is 2.14. The third-order valence-electron chi connectivity index (χ3n) is 3.97. The van der Waals surface area contributed by atoms with Crippen LogP contribution in [0.2, 0.25) is 0 Å². The summed E-state index contributed by atoms with van der Waals surface area (Å²) in [6.07, 6.45) is 0. The fourth-order valence-electron chi connectivity index (χ4n) is 2.49. The van der Waals surface area contributed by atoms with Crippen LogP contribution >= 0.6 is 0 Å². The molecule has 120 valence electrons. The Morgan fingerprint density at radius 2 is 1.21 bits per heavy atom. The van der Waals surface area contributed by atoms with Crippen molar-refractivity contribution >= 4 is 7.69 Å². The molecule has 0 bridgehead atoms. The molecule has 0 fully saturated rings. The van der Waals surface area contributed by atoms with E-state index in [1.165, 1.54) is 5.56 Å². The molecular weight excluding hydrogens is 299 g/mol. The molecule has 0 heterocycles. The summed E-state index contributed by atoms with van der Waals surface area (Å²) in [6, 6.07) is 24.9. The van der Waals surface area contributed by atoms with Gasteiger partial charge in [0.15, 0.2) is 0 Å². The normalized spacial score (nSPS) is 11.5. The van der Waals surface area contributed by atoms with Crippen LogP contribution in [-0.2, 0) is 0 Å². The van der Waals surface area contributed by atoms with Gasteiger partial charge in [0, 0.05) is 5.92 Å². The molecule has 24 heavy (non-hydrogen) atoms. The third kappa shape index (κ3) is 4.10. The number of phenolic OH excluding ortho intramolecular Hbond substituents is 1. The second-order valence-electron chi connectivity index (χ2n) is 5.60. The van der Waals surface area contributed by atoms with E-state index in [0.29, 0.717) is 0 Å². The van der Waals surface area contributed by atoms with Gasteiger partial charge in [-0.2, -0.15) is 0 Å². The molecule has 4 heteroatoms. The lowest BCUT2D eigenvalue weighted by Crippen LogP contribution is -2.10. The Kier molecular flexibility index (Phi) is 5.07. The fraction of sp³-hybridized carbons (Fsp3) is 0.100. The first-order valence-corrected chi connectivity index (χ1v) is 7.92. The smallest absolute Gasteiger partial charge is 0.529 e. The molecule has 0 spiro atoms. The first-order chi connectivity index (χ1) is 11.7. The first kappa shape index (κ1) is 16.0. The van der Waals surface area contributed by atoms with Crippen molar-refractivity contribution in [1.82, 2.24) is 0 Å². The van der Waals surface area contributed by atoms with Crippen LogP contribution in [0.15, 0.2) is 78.9 Å². The molecule has 0 amide bonds. The van der Waals surface area contributed by atoms with Crippen LogP contribution in [0.5, 0.6) is 17.2 Å². The average Bonchev–Trinajstić information content (AvgIpc) is 2.63. The van der Waals surface area contributed by atoms with Gasteiger partial charge in [-0.1, -0.05) is 49.4 Å². The number of benzene rings is 3. The van der Waals surface area contributed by atoms with Gasteiger partial charge < -0.3 is 14.4 Å². The lowest BCUT2D eigenvalue weighted by molar-refractivity contribution is 0.459. The lowest BCUT2D eigenvalue weighted by Gasteiger charge is -2.13. The summed E-state index contributed by atoms with van der Waals surface area (Å²) in [4.78, 5) is 0. The Morgan fingerprint density at radius 1 is 0.708 bits per heavy atom. The number of phenols is 1. The zero-order valence-electron chi connectivity index (χ0n) is 13.6. The summed E-state index contributed by atoms with van der Waals surface area (Å²) in [5.74, 6) is 2.09. The van der Waals surface area contributed by atoms with E-state index in [2.05, 4.69) is 19.1 Å². The second-order valence-corrected chi connectivity index (χ2v) is 5.60. The summed E-state index contributed by atoms with van der Waals surface area (Å²) >= 11 is 0. The standard InChI is InChI=1S/C20H19BO3/c1-15(16-7-11-18(22)12-8-16)17-9-13-20(14-10-17)24-21-23-19-5-3-2-4-6-19/h2-15,21-22H,1H3. The number of aromatic hydroxyl groups is 1. The molecule has 0 aliphatic heterocycles. The molecule has 3 aromatic carbocycles. The molecule has 3 nitrogen and oxygen atoms in total. The number of hydrogen-bond donors (Lipinski definition) is 1. The lowest BCUT2D eigenvalue weighted by atomic mass is 9.93. The second kappa shape index (κ2) is 7.60. The zero-order chi connectivity index (χ0) is 16.8. The summed E-state index contributed by atoms with van der Waals surface area (Å²) in [5, 5.41) is 9.38. The van der Waals surface area contributed by atoms with Gasteiger partial charge in [0.2, 0.25) is 0 Å². The molecule has 3 rings (SSSR count). The van der Waals surface area contributed by atoms with E-state index >= 15 is 0 Å². The van der Waals surface area contributed by atoms with Crippen LogP contribution in [0.1, 0.15) is 24.0 Å². The van der Waals surface area contributed by atoms with Crippen LogP contribution in [-0.4, -0.2) is 12.8 Å². The van der Waals surface area contributed by atoms with Crippen molar-refractivity contribution < 1.29 is 14.4 Å². The summed E-state index contributed by atoms with van der Waals surface area (Å²) in [5.41, 5.74) is 2.35. The highest BCUT2D eigenvalue weighted by molar-refractivity contribution is 6.20. The number of para-hydroxylation sites is 1. The SMILES string of the molecule is CC(c1ccc(O)cc1)c1ccc(OBOc2ccccc2)cc1. The molecule has 3 aromatic rings. The predicted octanol–water partition coefficient (Wildman–Crippen LogP) is 4.27. The largest absolute Gasteiger partial charge is 0.576 e. The van der Waals surface area contributed by atoms with Crippen LogP contribution < -0.4 is 9.31 Å². The quantitative estimate of drug-likeness (QED) is 0.690. The van der Waals surface area contributed by atoms with E-state index in [1.54, 1.807) is 12.1 Å². The van der Waals surface area contributed by atoms with E-state index in [0.717, 1.165) is 17.1 Å². The van der Waals surface area contributed by atoms with Gasteiger partial charge in [-0.15, -0.1) is 0 Å². The molecular formula is C20H19BO3. The maximum atomic E-state index is 9.38. The van der Waals surface area contributed by atoms with E-state index in [4.69, 9.17) is 9.31 Å². The molecule has 1 unspecified atom stereocenters. The number of hydrogen-bond acceptors (Lipinski definition) is 3. The Hall–Kier alpha value is -2.88. The average molecular weight is 318 g/mol. The van der Waals surface area contributed by atoms with E-state index in [1.807, 2.05) is 54.6 Å². The highest BCUT2D eigenvalue weighted by Gasteiger charge is 2.09. The molecule has 0 saturated carbocycles. The van der Waals surface area contributed by atoms with Crippen LogP contribution in [0.25, 0.3) is 0 Å². The Balaban J connectivity index is 1.57. The minimum atomic E-state index is 0.177. The zero-order valence-corrected chi connectivity index (χ0v) is 13.6. The van der Waals surface area contributed by atoms with Crippen molar-refractivity contribution in [2.75, 3.05) is 0 Å². The van der Waals surface area contributed by atoms with Gasteiger partial charge in [-0.05, 0) is 47.5 Å². The van der Waals surface area contributed by atoms with Crippen molar-refractivity contribution in [3.63, 3.8) is 0 Å². The van der Waals surface area contributed by atoms with Crippen LogP contribution in [0, 0.1) is 0 Å². The van der Waals surface area contributed by atoms with E-state index in [9.17, 15) is 5.11 Å². The molecule has 0 aromatic heterocycles. The van der Waals surface area contributed by atoms with Crippen molar-refractivity contribution in [3.8, 4) is 17.2 Å². The maximum absolute atomic E-state index is 9.38. The number of rotatable bonds is 6. The van der Waals surface area contributed by atoms with Crippen molar-refractivity contribution in [2.45, 2.75) is 12.8 Å². The maximum Gasteiger partial charge on any atom is 0.576 e. The molecule has 0 aliphatic rings. The van der Waals surface area contributed by atoms with E-state index < -0.39 is 0 Å². The fourth-order valence-corrected chi connectivity index (χ4v) is 2.49. The van der Waals surface area contributed by atoms with Crippen molar-refractivity contribution in [2.24, 2.45) is 0 Å². The molecule has 1 atom stereocenters. The van der Waals surface area contributed by atoms with Gasteiger partial charge >= 0.3 is 7.69 Å². The Labute approximate surface area is 142 Å². The molecule has 0 aliphatic carbocycles. The van der Waals surface area contributed by atoms with Gasteiger partial charge in [0.25, 0.3) is 0 Å². The minimum Gasteiger partial charge on any atom is -0.529 e. The summed E-state index contributed by atoms with van der Waals surface area (Å²) in [7, 11) is 0.177. The first-order valence-electron chi connectivity index (χ1n) is 7.92. The van der Waals surface area contributed by atoms with Crippen LogP contribution in [0.3, 0.4) is 0 Å². The van der Waals surface area contributed by atoms with Crippen LogP contribution in [0.4, 0.5) is 0 Å². The Bertz CT molecular complexity index is 755. The topological polar surface area (TPSA) is 38.7 Å². The van der Waals surface area contributed by atoms with Gasteiger partial charge in [0.1, 0.15) is 17.2 Å². The Morgan fingerprint density at radius 3 is 1.79 bits per heavy atom.